The molecule has 0 aliphatic carbocycles. The fraction of sp³-hybridized carbons (Fsp3) is 0.444. The Balaban J connectivity index is 3.12. The Hall–Kier alpha value is -1.09. The number of aromatic nitrogens is 1. The summed E-state index contributed by atoms with van der Waals surface area (Å²) in [5, 5.41) is 8.99. The van der Waals surface area contributed by atoms with E-state index >= 15 is 0 Å². The van der Waals surface area contributed by atoms with E-state index in [-0.39, 0.29) is 6.61 Å². The van der Waals surface area contributed by atoms with Crippen LogP contribution in [0.25, 0.3) is 0 Å². The number of hydrogen-bond donors (Lipinski definition) is 1. The predicted molar refractivity (Wildman–Crippen MR) is 49.2 cm³/mol. The van der Waals surface area contributed by atoms with Gasteiger partial charge in [-0.3, -0.25) is 0 Å². The first-order chi connectivity index (χ1) is 5.65. The summed E-state index contributed by atoms with van der Waals surface area (Å²) >= 11 is 0. The van der Waals surface area contributed by atoms with Crippen LogP contribution in [0.1, 0.15) is 11.3 Å². The zero-order valence-corrected chi connectivity index (χ0v) is 7.70. The third-order valence-electron chi connectivity index (χ3n) is 1.69. The molecule has 3 heteroatoms. The van der Waals surface area contributed by atoms with Crippen molar-refractivity contribution in [2.24, 2.45) is 0 Å². The van der Waals surface area contributed by atoms with Gasteiger partial charge in [-0.2, -0.15) is 0 Å². The van der Waals surface area contributed by atoms with Gasteiger partial charge >= 0.3 is 0 Å². The van der Waals surface area contributed by atoms with Crippen LogP contribution in [0.2, 0.25) is 0 Å². The molecule has 0 saturated carbocycles. The summed E-state index contributed by atoms with van der Waals surface area (Å²) < 4.78 is 0. The second-order valence-corrected chi connectivity index (χ2v) is 2.99. The average Bonchev–Trinajstić information content (AvgIpc) is 2.04. The van der Waals surface area contributed by atoms with Crippen molar-refractivity contribution in [1.82, 2.24) is 4.98 Å². The maximum atomic E-state index is 8.99. The largest absolute Gasteiger partial charge is 0.392 e. The molecule has 1 rings (SSSR count). The molecule has 0 aliphatic heterocycles. The standard InChI is InChI=1S/C9H14N2O/c1-7-4-5-8(6-12)9(10-7)11(2)3/h4-5,12H,6H2,1-3H3. The fourth-order valence-corrected chi connectivity index (χ4v) is 1.08. The van der Waals surface area contributed by atoms with Crippen molar-refractivity contribution < 1.29 is 5.11 Å². The Morgan fingerprint density at radius 3 is 2.58 bits per heavy atom. The Morgan fingerprint density at radius 2 is 2.08 bits per heavy atom. The third-order valence-corrected chi connectivity index (χ3v) is 1.69. The van der Waals surface area contributed by atoms with Crippen LogP contribution >= 0.6 is 0 Å². The minimum Gasteiger partial charge on any atom is -0.392 e. The number of rotatable bonds is 2. The lowest BCUT2D eigenvalue weighted by atomic mass is 10.2. The van der Waals surface area contributed by atoms with Gasteiger partial charge in [-0.05, 0) is 13.0 Å². The van der Waals surface area contributed by atoms with Crippen LogP contribution in [0.3, 0.4) is 0 Å². The van der Waals surface area contributed by atoms with Crippen molar-refractivity contribution in [2.75, 3.05) is 19.0 Å². The van der Waals surface area contributed by atoms with E-state index in [0.29, 0.717) is 0 Å². The molecule has 0 fully saturated rings. The van der Waals surface area contributed by atoms with E-state index in [0.717, 1.165) is 17.1 Å². The minimum atomic E-state index is 0.0425. The summed E-state index contributed by atoms with van der Waals surface area (Å²) in [5.74, 6) is 0.845. The zero-order chi connectivity index (χ0) is 9.14. The normalized spacial score (nSPS) is 10.0. The molecule has 12 heavy (non-hydrogen) atoms. The van der Waals surface area contributed by atoms with Gasteiger partial charge in [0, 0.05) is 25.4 Å². The van der Waals surface area contributed by atoms with Gasteiger partial charge < -0.3 is 10.0 Å². The topological polar surface area (TPSA) is 36.4 Å². The highest BCUT2D eigenvalue weighted by Gasteiger charge is 2.04. The minimum absolute atomic E-state index is 0.0425. The van der Waals surface area contributed by atoms with Crippen molar-refractivity contribution >= 4 is 5.82 Å². The maximum absolute atomic E-state index is 8.99. The summed E-state index contributed by atoms with van der Waals surface area (Å²) in [6.45, 7) is 1.98. The molecular formula is C9H14N2O. The van der Waals surface area contributed by atoms with Crippen molar-refractivity contribution in [1.29, 1.82) is 0 Å². The summed E-state index contributed by atoms with van der Waals surface area (Å²) in [5.41, 5.74) is 1.83. The van der Waals surface area contributed by atoms with Gasteiger partial charge in [0.2, 0.25) is 0 Å². The molecule has 0 bridgehead atoms. The van der Waals surface area contributed by atoms with Crippen LogP contribution < -0.4 is 4.90 Å². The first-order valence-corrected chi connectivity index (χ1v) is 3.90. The summed E-state index contributed by atoms with van der Waals surface area (Å²) in [6, 6.07) is 3.80. The number of nitrogens with zero attached hydrogens (tertiary/aromatic N) is 2. The molecule has 1 N–H and O–H groups in total. The van der Waals surface area contributed by atoms with E-state index < -0.39 is 0 Å². The molecule has 66 valence electrons. The van der Waals surface area contributed by atoms with E-state index in [1.807, 2.05) is 38.1 Å². The molecule has 0 amide bonds. The van der Waals surface area contributed by atoms with E-state index in [4.69, 9.17) is 5.11 Å². The van der Waals surface area contributed by atoms with Crippen molar-refractivity contribution in [3.05, 3.63) is 23.4 Å². The Morgan fingerprint density at radius 1 is 1.42 bits per heavy atom. The molecule has 0 aliphatic rings. The van der Waals surface area contributed by atoms with Gasteiger partial charge in [-0.1, -0.05) is 6.07 Å². The molecule has 0 atom stereocenters. The van der Waals surface area contributed by atoms with E-state index in [9.17, 15) is 0 Å². The number of pyridine rings is 1. The predicted octanol–water partition coefficient (Wildman–Crippen LogP) is 0.948. The second-order valence-electron chi connectivity index (χ2n) is 2.99. The SMILES string of the molecule is Cc1ccc(CO)c(N(C)C)n1. The molecule has 1 heterocycles. The molecule has 0 radical (unpaired) electrons. The second kappa shape index (κ2) is 3.54. The van der Waals surface area contributed by atoms with Gasteiger partial charge in [0.15, 0.2) is 0 Å². The molecule has 0 spiro atoms. The lowest BCUT2D eigenvalue weighted by Crippen LogP contribution is -2.13. The van der Waals surface area contributed by atoms with Crippen molar-refractivity contribution in [3.63, 3.8) is 0 Å². The number of aliphatic hydroxyl groups excluding tert-OH is 1. The third kappa shape index (κ3) is 1.74. The van der Waals surface area contributed by atoms with Gasteiger partial charge in [0.25, 0.3) is 0 Å². The molecule has 3 nitrogen and oxygen atoms in total. The number of aryl methyl sites for hydroxylation is 1. The van der Waals surface area contributed by atoms with Crippen molar-refractivity contribution in [3.8, 4) is 0 Å². The Labute approximate surface area is 72.7 Å². The summed E-state index contributed by atoms with van der Waals surface area (Å²) in [7, 11) is 3.84. The maximum Gasteiger partial charge on any atom is 0.133 e. The Bertz CT molecular complexity index is 271. The van der Waals surface area contributed by atoms with Gasteiger partial charge in [-0.15, -0.1) is 0 Å². The number of aliphatic hydroxyl groups is 1. The molecule has 0 unspecified atom stereocenters. The van der Waals surface area contributed by atoms with Crippen LogP contribution in [0, 0.1) is 6.92 Å². The van der Waals surface area contributed by atoms with Crippen LogP contribution in [0.4, 0.5) is 5.82 Å². The lowest BCUT2D eigenvalue weighted by Gasteiger charge is -2.15. The quantitative estimate of drug-likeness (QED) is 0.710. The summed E-state index contributed by atoms with van der Waals surface area (Å²) in [4.78, 5) is 6.21. The summed E-state index contributed by atoms with van der Waals surface area (Å²) in [6.07, 6.45) is 0. The smallest absolute Gasteiger partial charge is 0.133 e. The zero-order valence-electron chi connectivity index (χ0n) is 7.70. The first-order valence-electron chi connectivity index (χ1n) is 3.90. The van der Waals surface area contributed by atoms with Gasteiger partial charge in [0.1, 0.15) is 5.82 Å². The molecule has 0 aromatic carbocycles. The van der Waals surface area contributed by atoms with E-state index in [2.05, 4.69) is 4.98 Å². The lowest BCUT2D eigenvalue weighted by molar-refractivity contribution is 0.281. The van der Waals surface area contributed by atoms with Crippen LogP contribution in [-0.2, 0) is 6.61 Å². The van der Waals surface area contributed by atoms with Crippen molar-refractivity contribution in [2.45, 2.75) is 13.5 Å². The molecule has 1 aromatic rings. The fourth-order valence-electron chi connectivity index (χ4n) is 1.08. The van der Waals surface area contributed by atoms with Gasteiger partial charge in [0.05, 0.1) is 6.61 Å². The molecule has 1 aromatic heterocycles. The number of anilines is 1. The van der Waals surface area contributed by atoms with E-state index in [1.165, 1.54) is 0 Å². The highest BCUT2D eigenvalue weighted by atomic mass is 16.3. The van der Waals surface area contributed by atoms with E-state index in [1.54, 1.807) is 0 Å². The molecule has 0 saturated heterocycles. The van der Waals surface area contributed by atoms with Gasteiger partial charge in [-0.25, -0.2) is 4.98 Å². The molecular weight excluding hydrogens is 152 g/mol. The average molecular weight is 166 g/mol. The highest BCUT2D eigenvalue weighted by molar-refractivity contribution is 5.45. The van der Waals surface area contributed by atoms with Crippen LogP contribution in [0.15, 0.2) is 12.1 Å². The highest BCUT2D eigenvalue weighted by Crippen LogP contribution is 2.15. The van der Waals surface area contributed by atoms with Crippen LogP contribution in [0.5, 0.6) is 0 Å². The number of hydrogen-bond acceptors (Lipinski definition) is 3. The van der Waals surface area contributed by atoms with Crippen LogP contribution in [-0.4, -0.2) is 24.2 Å². The monoisotopic (exact) mass is 166 g/mol. The Kier molecular flexibility index (Phi) is 2.65. The first kappa shape index (κ1) is 9.00.